The number of rotatable bonds is 0. The summed E-state index contributed by atoms with van der Waals surface area (Å²) in [6.07, 6.45) is 3.57. The molecule has 0 amide bonds. The topological polar surface area (TPSA) is 9.23 Å². The van der Waals surface area contributed by atoms with Gasteiger partial charge in [0.05, 0.1) is 0 Å². The van der Waals surface area contributed by atoms with Crippen molar-refractivity contribution in [1.29, 1.82) is 0 Å². The average molecular weight is 276 g/mol. The van der Waals surface area contributed by atoms with E-state index < -0.39 is 0 Å². The molecular weight excluding hydrogens is 256 g/mol. The van der Waals surface area contributed by atoms with Crippen LogP contribution in [0.15, 0.2) is 60.2 Å². The van der Waals surface area contributed by atoms with Crippen LogP contribution >= 0.6 is 0 Å². The standard InChI is InChI=1S/C20H20O/c1-14-12-20(13-19(14,2)3)15-8-4-6-10-17(15)21-18-11-7-5-9-16(18)20/h4-12H,13H2,1-3H3. The van der Waals surface area contributed by atoms with Crippen LogP contribution in [-0.2, 0) is 5.41 Å². The van der Waals surface area contributed by atoms with Gasteiger partial charge in [-0.3, -0.25) is 0 Å². The highest BCUT2D eigenvalue weighted by Crippen LogP contribution is 2.58. The Bertz CT molecular complexity index is 706. The van der Waals surface area contributed by atoms with Crippen molar-refractivity contribution in [3.05, 3.63) is 71.3 Å². The molecule has 4 rings (SSSR count). The molecule has 1 aliphatic carbocycles. The molecule has 2 aliphatic rings. The van der Waals surface area contributed by atoms with E-state index in [1.54, 1.807) is 0 Å². The van der Waals surface area contributed by atoms with Crippen LogP contribution in [0.4, 0.5) is 0 Å². The van der Waals surface area contributed by atoms with E-state index in [1.807, 2.05) is 0 Å². The number of para-hydroxylation sites is 2. The molecular formula is C20H20O. The molecule has 0 aromatic heterocycles. The van der Waals surface area contributed by atoms with Crippen LogP contribution in [-0.4, -0.2) is 0 Å². The van der Waals surface area contributed by atoms with Gasteiger partial charge >= 0.3 is 0 Å². The first-order valence-electron chi connectivity index (χ1n) is 7.60. The molecule has 2 aromatic carbocycles. The summed E-state index contributed by atoms with van der Waals surface area (Å²) in [4.78, 5) is 0. The van der Waals surface area contributed by atoms with E-state index in [4.69, 9.17) is 4.74 Å². The Balaban J connectivity index is 2.04. The van der Waals surface area contributed by atoms with Crippen molar-refractivity contribution in [2.75, 3.05) is 0 Å². The van der Waals surface area contributed by atoms with E-state index in [0.717, 1.165) is 17.9 Å². The highest BCUT2D eigenvalue weighted by atomic mass is 16.5. The Kier molecular flexibility index (Phi) is 2.42. The van der Waals surface area contributed by atoms with E-state index in [0.29, 0.717) is 0 Å². The average Bonchev–Trinajstić information content (AvgIpc) is 2.70. The fourth-order valence-corrected chi connectivity index (χ4v) is 3.91. The molecule has 1 heterocycles. The number of hydrogen-bond acceptors (Lipinski definition) is 1. The van der Waals surface area contributed by atoms with Crippen LogP contribution in [0.2, 0.25) is 0 Å². The number of fused-ring (bicyclic) bond motifs is 4. The molecule has 106 valence electrons. The zero-order valence-electron chi connectivity index (χ0n) is 12.8. The predicted octanol–water partition coefficient (Wildman–Crippen LogP) is 5.45. The van der Waals surface area contributed by atoms with Crippen LogP contribution in [0.1, 0.15) is 38.3 Å². The van der Waals surface area contributed by atoms with Gasteiger partial charge in [-0.05, 0) is 30.9 Å². The third-order valence-electron chi connectivity index (χ3n) is 5.21. The first-order valence-corrected chi connectivity index (χ1v) is 7.60. The van der Waals surface area contributed by atoms with Gasteiger partial charge < -0.3 is 4.74 Å². The second-order valence-electron chi connectivity index (χ2n) is 6.95. The zero-order chi connectivity index (χ0) is 14.7. The Labute approximate surface area is 126 Å². The second-order valence-corrected chi connectivity index (χ2v) is 6.95. The minimum Gasteiger partial charge on any atom is -0.457 e. The fraction of sp³-hybridized carbons (Fsp3) is 0.300. The molecule has 21 heavy (non-hydrogen) atoms. The van der Waals surface area contributed by atoms with Crippen molar-refractivity contribution in [1.82, 2.24) is 0 Å². The molecule has 1 aliphatic heterocycles. The minimum atomic E-state index is -0.0426. The molecule has 0 atom stereocenters. The van der Waals surface area contributed by atoms with Gasteiger partial charge in [-0.15, -0.1) is 0 Å². The van der Waals surface area contributed by atoms with Gasteiger partial charge in [-0.1, -0.05) is 61.9 Å². The largest absolute Gasteiger partial charge is 0.457 e. The van der Waals surface area contributed by atoms with E-state index in [2.05, 4.69) is 75.4 Å². The monoisotopic (exact) mass is 276 g/mol. The summed E-state index contributed by atoms with van der Waals surface area (Å²) in [5.41, 5.74) is 4.24. The first-order chi connectivity index (χ1) is 10.0. The summed E-state index contributed by atoms with van der Waals surface area (Å²) in [6, 6.07) is 16.9. The van der Waals surface area contributed by atoms with Gasteiger partial charge in [0.2, 0.25) is 0 Å². The van der Waals surface area contributed by atoms with Gasteiger partial charge in [0, 0.05) is 16.5 Å². The lowest BCUT2D eigenvalue weighted by atomic mass is 9.69. The summed E-state index contributed by atoms with van der Waals surface area (Å²) < 4.78 is 6.14. The third-order valence-corrected chi connectivity index (χ3v) is 5.21. The van der Waals surface area contributed by atoms with Gasteiger partial charge in [0.1, 0.15) is 11.5 Å². The minimum absolute atomic E-state index is 0.0426. The maximum absolute atomic E-state index is 6.14. The lowest BCUT2D eigenvalue weighted by molar-refractivity contribution is 0.353. The van der Waals surface area contributed by atoms with Crippen molar-refractivity contribution >= 4 is 0 Å². The molecule has 1 heteroatoms. The van der Waals surface area contributed by atoms with Gasteiger partial charge in [-0.25, -0.2) is 0 Å². The SMILES string of the molecule is CC1=CC2(CC1(C)C)c1ccccc1Oc1ccccc12. The van der Waals surface area contributed by atoms with Crippen LogP contribution in [0.25, 0.3) is 0 Å². The smallest absolute Gasteiger partial charge is 0.131 e. The summed E-state index contributed by atoms with van der Waals surface area (Å²) in [7, 11) is 0. The van der Waals surface area contributed by atoms with Crippen LogP contribution in [0, 0.1) is 5.41 Å². The van der Waals surface area contributed by atoms with E-state index in [1.165, 1.54) is 16.7 Å². The Hall–Kier alpha value is -2.02. The van der Waals surface area contributed by atoms with Crippen molar-refractivity contribution in [3.8, 4) is 11.5 Å². The molecule has 1 spiro atoms. The normalized spacial score (nSPS) is 20.4. The molecule has 0 unspecified atom stereocenters. The van der Waals surface area contributed by atoms with Crippen LogP contribution in [0.3, 0.4) is 0 Å². The van der Waals surface area contributed by atoms with Crippen molar-refractivity contribution in [3.63, 3.8) is 0 Å². The molecule has 0 saturated heterocycles. The van der Waals surface area contributed by atoms with Gasteiger partial charge in [0.25, 0.3) is 0 Å². The highest BCUT2D eigenvalue weighted by Gasteiger charge is 2.48. The van der Waals surface area contributed by atoms with E-state index in [9.17, 15) is 0 Å². The molecule has 1 nitrogen and oxygen atoms in total. The molecule has 0 radical (unpaired) electrons. The van der Waals surface area contributed by atoms with Crippen LogP contribution in [0.5, 0.6) is 11.5 Å². The Morgan fingerprint density at radius 1 is 0.857 bits per heavy atom. The van der Waals surface area contributed by atoms with Crippen LogP contribution < -0.4 is 4.74 Å². The molecule has 0 fully saturated rings. The predicted molar refractivity (Wildman–Crippen MR) is 85.9 cm³/mol. The zero-order valence-corrected chi connectivity index (χ0v) is 12.8. The summed E-state index contributed by atoms with van der Waals surface area (Å²) in [6.45, 7) is 6.94. The van der Waals surface area contributed by atoms with Crippen molar-refractivity contribution < 1.29 is 4.74 Å². The van der Waals surface area contributed by atoms with Crippen molar-refractivity contribution in [2.45, 2.75) is 32.6 Å². The first kappa shape index (κ1) is 12.7. The number of benzene rings is 2. The van der Waals surface area contributed by atoms with Gasteiger partial charge in [0.15, 0.2) is 0 Å². The number of hydrogen-bond donors (Lipinski definition) is 0. The summed E-state index contributed by atoms with van der Waals surface area (Å²) in [5, 5.41) is 0. The fourth-order valence-electron chi connectivity index (χ4n) is 3.91. The number of ether oxygens (including phenoxy) is 1. The lowest BCUT2D eigenvalue weighted by Gasteiger charge is -2.38. The van der Waals surface area contributed by atoms with E-state index >= 15 is 0 Å². The molecule has 0 saturated carbocycles. The maximum Gasteiger partial charge on any atom is 0.131 e. The van der Waals surface area contributed by atoms with E-state index in [-0.39, 0.29) is 10.8 Å². The Morgan fingerprint density at radius 3 is 1.86 bits per heavy atom. The summed E-state index contributed by atoms with van der Waals surface area (Å²) >= 11 is 0. The third kappa shape index (κ3) is 1.64. The maximum atomic E-state index is 6.14. The van der Waals surface area contributed by atoms with Gasteiger partial charge in [-0.2, -0.15) is 0 Å². The molecule has 2 aromatic rings. The highest BCUT2D eigenvalue weighted by molar-refractivity contribution is 5.62. The quantitative estimate of drug-likeness (QED) is 0.581. The lowest BCUT2D eigenvalue weighted by Crippen LogP contribution is -2.29. The number of allylic oxidation sites excluding steroid dienone is 2. The molecule has 0 bridgehead atoms. The summed E-state index contributed by atoms with van der Waals surface area (Å²) in [5.74, 6) is 2.00. The second kappa shape index (κ2) is 4.00. The molecule has 0 N–H and O–H groups in total. The Morgan fingerprint density at radius 2 is 1.38 bits per heavy atom. The van der Waals surface area contributed by atoms with Crippen molar-refractivity contribution in [2.24, 2.45) is 5.41 Å².